The van der Waals surface area contributed by atoms with Gasteiger partial charge in [0.25, 0.3) is 32.4 Å². The van der Waals surface area contributed by atoms with Crippen molar-refractivity contribution in [1.82, 2.24) is 0 Å². The summed E-state index contributed by atoms with van der Waals surface area (Å²) in [6.07, 6.45) is 0. The van der Waals surface area contributed by atoms with Crippen LogP contribution in [0.25, 0.3) is 0 Å². The van der Waals surface area contributed by atoms with Crippen molar-refractivity contribution in [2.75, 3.05) is 42.7 Å². The van der Waals surface area contributed by atoms with E-state index in [1.54, 1.807) is 17.0 Å². The summed E-state index contributed by atoms with van der Waals surface area (Å²) in [5.41, 5.74) is 7.24. The Morgan fingerprint density at radius 3 is 0.815 bits per heavy atom. The van der Waals surface area contributed by atoms with E-state index in [9.17, 15) is 109 Å². The first kappa shape index (κ1) is 81.5. The Labute approximate surface area is 611 Å². The molecule has 0 bridgehead atoms. The molecule has 0 aliphatic heterocycles. The first-order chi connectivity index (χ1) is 51.4. The molecular weight excluding hydrogens is 1410 g/mol. The van der Waals surface area contributed by atoms with Crippen LogP contribution < -0.4 is 39.2 Å². The third-order valence-electron chi connectivity index (χ3n) is 15.0. The van der Waals surface area contributed by atoms with Crippen LogP contribution in [0.3, 0.4) is 0 Å². The van der Waals surface area contributed by atoms with E-state index >= 15 is 0 Å². The number of rotatable bonds is 25. The van der Waals surface area contributed by atoms with Crippen molar-refractivity contribution in [3.05, 3.63) is 243 Å². The van der Waals surface area contributed by atoms with Gasteiger partial charge in [0, 0.05) is 98.8 Å². The van der Waals surface area contributed by atoms with Gasteiger partial charge in [-0.25, -0.2) is 4.79 Å². The number of phenolic OH excluding ortho intramolecular Hbond substituents is 11. The Hall–Kier alpha value is -15.4. The highest BCUT2D eigenvalue weighted by atomic mass is 16.5. The number of ether oxygens (including phenoxy) is 5. The molecule has 0 amide bonds. The fourth-order valence-electron chi connectivity index (χ4n) is 9.76. The minimum absolute atomic E-state index is 0.00381. The van der Waals surface area contributed by atoms with Crippen LogP contribution in [-0.2, 0) is 24.0 Å². The smallest absolute Gasteiger partial charge is 0.335 e. The summed E-state index contributed by atoms with van der Waals surface area (Å²) in [5.74, 6) is -7.19. The molecule has 10 aromatic carbocycles. The molecule has 556 valence electrons. The fourth-order valence-corrected chi connectivity index (χ4v) is 9.76. The van der Waals surface area contributed by atoms with E-state index in [1.165, 1.54) is 121 Å². The van der Waals surface area contributed by atoms with Crippen molar-refractivity contribution in [3.63, 3.8) is 0 Å². The van der Waals surface area contributed by atoms with Gasteiger partial charge in [0.15, 0.2) is 23.1 Å². The Morgan fingerprint density at radius 1 is 0.315 bits per heavy atom. The number of hydrogen-bond donors (Lipinski definition) is 13. The minimum Gasteiger partial charge on any atom is -0.508 e. The average molecular weight is 1480 g/mol. The number of hydrogen-bond acceptors (Lipinski definition) is 30. The molecule has 0 heterocycles. The van der Waals surface area contributed by atoms with Crippen molar-refractivity contribution in [3.8, 4) is 92.0 Å². The maximum absolute atomic E-state index is 12.6. The Kier molecular flexibility index (Phi) is 28.7. The van der Waals surface area contributed by atoms with Gasteiger partial charge in [-0.15, -0.1) is 0 Å². The molecule has 31 nitrogen and oxygen atoms in total. The van der Waals surface area contributed by atoms with E-state index in [4.69, 9.17) is 20.3 Å². The Bertz CT molecular complexity index is 4930. The number of nitrogens with two attached hydrogens (primary N) is 1. The van der Waals surface area contributed by atoms with Gasteiger partial charge < -0.3 is 100 Å². The van der Waals surface area contributed by atoms with E-state index in [0.717, 1.165) is 73.0 Å². The molecule has 31 heteroatoms. The van der Waals surface area contributed by atoms with Crippen molar-refractivity contribution < 1.29 is 138 Å². The lowest BCUT2D eigenvalue weighted by atomic mass is 10.00. The number of aromatic hydroxyl groups is 11. The van der Waals surface area contributed by atoms with Crippen LogP contribution in [0.1, 0.15) is 104 Å². The molecule has 0 spiro atoms. The summed E-state index contributed by atoms with van der Waals surface area (Å²) in [6.45, 7) is 6.26. The largest absolute Gasteiger partial charge is 0.508 e. The van der Waals surface area contributed by atoms with Crippen LogP contribution in [0, 0.1) is 0 Å². The van der Waals surface area contributed by atoms with E-state index in [1.807, 2.05) is 32.8 Å². The monoisotopic (exact) mass is 1480 g/mol. The summed E-state index contributed by atoms with van der Waals surface area (Å²) < 4.78 is 23.4. The first-order valence-electron chi connectivity index (χ1n) is 31.1. The molecule has 0 saturated heterocycles. The highest BCUT2D eigenvalue weighted by Crippen LogP contribution is 2.37. The maximum atomic E-state index is 12.6. The normalized spacial score (nSPS) is 10.1. The Balaban J connectivity index is 0.000000211. The number of carboxylic acid groups (broad SMARTS) is 1. The zero-order valence-electron chi connectivity index (χ0n) is 57.0. The third-order valence-corrected chi connectivity index (χ3v) is 15.0. The molecule has 0 atom stereocenters. The highest BCUT2D eigenvalue weighted by Gasteiger charge is 2.25. The third kappa shape index (κ3) is 21.1. The van der Waals surface area contributed by atoms with Crippen LogP contribution in [-0.4, -0.2) is 156 Å². The molecule has 0 unspecified atom stereocenters. The zero-order valence-corrected chi connectivity index (χ0v) is 57.0. The van der Waals surface area contributed by atoms with Gasteiger partial charge in [-0.2, -0.15) is 0 Å². The first-order valence-corrected chi connectivity index (χ1v) is 31.1. The molecule has 14 N–H and O–H groups in total. The number of aromatic carboxylic acids is 1. The number of nitrogens with zero attached hydrogens (tertiary/aromatic N) is 2. The quantitative estimate of drug-likeness (QED) is 0.0144. The molecule has 0 radical (unpaired) electrons. The SMILES string of the molecule is CCN(CC)c1ccc(C(=O)c2ccc(O)cc2OC=O)c(O)c1.CN(C)c1ccc(C(=O)c2ccc(O)cc2OC=O)c(O)c1.Nc1ccc(C(=O)c2ccc(O)cc2OC=O)c(O)c1.O=COc1cc(O)ccc1C(=O)c1ccc(C(=O)O)cc1O.O=COc1cc(O)ccc1C(=O)c1ccc(O)cc1O. The lowest BCUT2D eigenvalue weighted by Gasteiger charge is -2.21. The maximum Gasteiger partial charge on any atom is 0.335 e. The van der Waals surface area contributed by atoms with Crippen molar-refractivity contribution in [2.24, 2.45) is 0 Å². The van der Waals surface area contributed by atoms with Crippen molar-refractivity contribution >= 4 is 84.3 Å². The molecule has 10 aromatic rings. The van der Waals surface area contributed by atoms with Gasteiger partial charge in [0.1, 0.15) is 92.0 Å². The molecule has 0 fully saturated rings. The van der Waals surface area contributed by atoms with E-state index in [-0.39, 0.29) is 174 Å². The van der Waals surface area contributed by atoms with Crippen LogP contribution in [0.2, 0.25) is 0 Å². The lowest BCUT2D eigenvalue weighted by Crippen LogP contribution is -2.21. The summed E-state index contributed by atoms with van der Waals surface area (Å²) in [6, 6.07) is 38.8. The molecule has 0 aliphatic carbocycles. The number of carbonyl (C=O) groups is 11. The topological polar surface area (TPSA) is 509 Å². The number of anilines is 3. The lowest BCUT2D eigenvalue weighted by molar-refractivity contribution is -0.121. The summed E-state index contributed by atoms with van der Waals surface area (Å²) in [5, 5.41) is 114. The van der Waals surface area contributed by atoms with Crippen LogP contribution >= 0.6 is 0 Å². The number of nitrogen functional groups attached to an aromatic ring is 1. The van der Waals surface area contributed by atoms with Gasteiger partial charge in [0.05, 0.1) is 61.2 Å². The number of carboxylic acids is 1. The summed E-state index contributed by atoms with van der Waals surface area (Å²) in [7, 11) is 3.62. The van der Waals surface area contributed by atoms with Crippen LogP contribution in [0.5, 0.6) is 92.0 Å². The number of phenols is 11. The van der Waals surface area contributed by atoms with Gasteiger partial charge in [0.2, 0.25) is 5.78 Å². The molecule has 10 rings (SSSR count). The second kappa shape index (κ2) is 38.0. The van der Waals surface area contributed by atoms with Crippen LogP contribution in [0.15, 0.2) is 182 Å². The second-order valence-corrected chi connectivity index (χ2v) is 22.1. The molecule has 0 aromatic heterocycles. The molecular formula is C77H65N3O28. The number of benzene rings is 10. The van der Waals surface area contributed by atoms with E-state index in [2.05, 4.69) is 14.2 Å². The number of ketones is 5. The van der Waals surface area contributed by atoms with E-state index in [0.29, 0.717) is 5.69 Å². The molecule has 108 heavy (non-hydrogen) atoms. The number of carbonyl (C=O) groups excluding carboxylic acids is 10. The Morgan fingerprint density at radius 2 is 0.556 bits per heavy atom. The van der Waals surface area contributed by atoms with Crippen LogP contribution in [0.4, 0.5) is 17.1 Å². The van der Waals surface area contributed by atoms with Gasteiger partial charge >= 0.3 is 5.97 Å². The molecule has 0 saturated carbocycles. The molecule has 0 aliphatic rings. The standard InChI is InChI=1S/C18H19NO5.C16H15NO5.C15H10O7.C14H11NO5.C14H10O6/c1-3-19(4-2)12-5-7-14(16(22)9-12)18(23)15-8-6-13(21)10-17(15)24-11-20;1-17(2)10-3-5-12(14(20)7-10)16(21)13-6-4-11(19)8-15(13)22-9-18;16-7-22-13-6-9(17)2-4-11(13)14(19)10-3-1-8(15(20)21)5-12(10)18;15-8-1-3-10(12(18)5-8)14(19)11-4-2-9(17)6-13(11)20-7-16;15-7-20-13-6-9(17)2-4-11(13)14(19)10-3-1-8(16)5-12(10)18/h5-11,21-22H,3-4H2,1-2H3;3-9,19-20H,1-2H3;1-7,17-18H,(H,20,21);1-7,17-18H,15H2;1-7,16-18H. The average Bonchev–Trinajstić information content (AvgIpc) is 0.821. The predicted octanol–water partition coefficient (Wildman–Crippen LogP) is 9.22. The zero-order chi connectivity index (χ0) is 79.6. The van der Waals surface area contributed by atoms with Crippen molar-refractivity contribution in [1.29, 1.82) is 0 Å². The van der Waals surface area contributed by atoms with Gasteiger partial charge in [-0.1, -0.05) is 0 Å². The second-order valence-electron chi connectivity index (χ2n) is 22.1. The summed E-state index contributed by atoms with van der Waals surface area (Å²) >= 11 is 0. The summed E-state index contributed by atoms with van der Waals surface area (Å²) in [4.78, 5) is 129. The predicted molar refractivity (Wildman–Crippen MR) is 383 cm³/mol. The van der Waals surface area contributed by atoms with E-state index < -0.39 is 46.4 Å². The highest BCUT2D eigenvalue weighted by molar-refractivity contribution is 6.16. The fraction of sp³-hybridized carbons (Fsp3) is 0.0779. The minimum atomic E-state index is -1.25. The van der Waals surface area contributed by atoms with Crippen molar-refractivity contribution in [2.45, 2.75) is 13.8 Å². The van der Waals surface area contributed by atoms with Gasteiger partial charge in [-0.05, 0) is 141 Å². The van der Waals surface area contributed by atoms with Gasteiger partial charge in [-0.3, -0.25) is 47.9 Å².